The van der Waals surface area contributed by atoms with Crippen molar-refractivity contribution in [1.29, 1.82) is 0 Å². The van der Waals surface area contributed by atoms with Crippen LogP contribution in [-0.4, -0.2) is 42.9 Å². The van der Waals surface area contributed by atoms with E-state index in [1.54, 1.807) is 12.1 Å². The third-order valence-electron chi connectivity index (χ3n) is 3.63. The summed E-state index contributed by atoms with van der Waals surface area (Å²) in [5, 5.41) is 2.72. The van der Waals surface area contributed by atoms with E-state index in [4.69, 9.17) is 9.47 Å². The van der Waals surface area contributed by atoms with Gasteiger partial charge >= 0.3 is 5.97 Å². The topological polar surface area (TPSA) is 81.7 Å². The first-order valence-corrected chi connectivity index (χ1v) is 9.51. The number of methoxy groups -OCH3 is 1. The van der Waals surface area contributed by atoms with Crippen molar-refractivity contribution >= 4 is 35.1 Å². The maximum atomic E-state index is 13.6. The van der Waals surface area contributed by atoms with E-state index in [1.165, 1.54) is 19.2 Å². The number of benzene rings is 2. The summed E-state index contributed by atoms with van der Waals surface area (Å²) in [5.74, 6) is -2.06. The molecule has 0 atom stereocenters. The third kappa shape index (κ3) is 6.70. The molecule has 1 N–H and O–H groups in total. The van der Waals surface area contributed by atoms with Gasteiger partial charge in [0.15, 0.2) is 24.0 Å². The quantitative estimate of drug-likeness (QED) is 0.510. The fourth-order valence-corrected chi connectivity index (χ4v) is 2.78. The van der Waals surface area contributed by atoms with Gasteiger partial charge in [-0.05, 0) is 37.3 Å². The molecule has 2 aromatic rings. The summed E-state index contributed by atoms with van der Waals surface area (Å²) in [6, 6.07) is 11.1. The molecule has 0 fully saturated rings. The summed E-state index contributed by atoms with van der Waals surface area (Å²) in [7, 11) is 1.32. The van der Waals surface area contributed by atoms with Gasteiger partial charge < -0.3 is 14.8 Å². The van der Waals surface area contributed by atoms with E-state index in [0.717, 1.165) is 23.4 Å². The Hall–Kier alpha value is -2.87. The van der Waals surface area contributed by atoms with Crippen LogP contribution in [0.2, 0.25) is 0 Å². The predicted molar refractivity (Wildman–Crippen MR) is 105 cm³/mol. The highest BCUT2D eigenvalue weighted by Gasteiger charge is 2.13. The molecule has 0 saturated heterocycles. The van der Waals surface area contributed by atoms with E-state index in [-0.39, 0.29) is 28.7 Å². The molecule has 8 heteroatoms. The second kappa shape index (κ2) is 10.5. The van der Waals surface area contributed by atoms with Gasteiger partial charge in [-0.15, -0.1) is 11.8 Å². The van der Waals surface area contributed by atoms with Crippen molar-refractivity contribution in [2.45, 2.75) is 6.92 Å². The highest BCUT2D eigenvalue weighted by molar-refractivity contribution is 8.00. The standard InChI is InChI=1S/C20H20FNO5S/c1-13-3-6-15(7-4-13)22-19(24)11-28-12-20(25)27-10-17(23)14-5-8-18(26-2)16(21)9-14/h3-9H,10-12H2,1-2H3,(H,22,24). The summed E-state index contributed by atoms with van der Waals surface area (Å²) < 4.78 is 23.3. The Bertz CT molecular complexity index is 854. The summed E-state index contributed by atoms with van der Waals surface area (Å²) in [6.45, 7) is 1.45. The van der Waals surface area contributed by atoms with Crippen LogP contribution in [-0.2, 0) is 14.3 Å². The summed E-state index contributed by atoms with van der Waals surface area (Å²) in [6.07, 6.45) is 0. The average Bonchev–Trinajstić information content (AvgIpc) is 2.67. The number of nitrogens with one attached hydrogen (secondary N) is 1. The predicted octanol–water partition coefficient (Wildman–Crippen LogP) is 3.24. The van der Waals surface area contributed by atoms with Gasteiger partial charge in [0.2, 0.25) is 5.91 Å². The molecular weight excluding hydrogens is 385 g/mol. The number of ketones is 1. The van der Waals surface area contributed by atoms with Gasteiger partial charge in [0.05, 0.1) is 18.6 Å². The van der Waals surface area contributed by atoms with Crippen LogP contribution in [0.4, 0.5) is 10.1 Å². The van der Waals surface area contributed by atoms with E-state index < -0.39 is 24.2 Å². The number of rotatable bonds is 9. The van der Waals surface area contributed by atoms with Gasteiger partial charge in [0.1, 0.15) is 0 Å². The number of amides is 1. The molecule has 0 saturated carbocycles. The number of anilines is 1. The first-order valence-electron chi connectivity index (χ1n) is 8.35. The molecule has 0 aliphatic rings. The molecule has 0 unspecified atom stereocenters. The number of ether oxygens (including phenoxy) is 2. The second-order valence-electron chi connectivity index (χ2n) is 5.84. The molecule has 6 nitrogen and oxygen atoms in total. The fourth-order valence-electron chi connectivity index (χ4n) is 2.17. The first-order chi connectivity index (χ1) is 13.4. The number of thioether (sulfide) groups is 1. The SMILES string of the molecule is COc1ccc(C(=O)COC(=O)CSCC(=O)Nc2ccc(C)cc2)cc1F. The second-order valence-corrected chi connectivity index (χ2v) is 6.83. The number of aryl methyl sites for hydroxylation is 1. The number of hydrogen-bond donors (Lipinski definition) is 1. The Morgan fingerprint density at radius 3 is 2.43 bits per heavy atom. The van der Waals surface area contributed by atoms with Crippen LogP contribution in [0.25, 0.3) is 0 Å². The molecular formula is C20H20FNO5S. The molecule has 0 aliphatic carbocycles. The monoisotopic (exact) mass is 405 g/mol. The van der Waals surface area contributed by atoms with Crippen molar-refractivity contribution in [3.8, 4) is 5.75 Å². The smallest absolute Gasteiger partial charge is 0.316 e. The Morgan fingerprint density at radius 2 is 1.79 bits per heavy atom. The number of carbonyl (C=O) groups excluding carboxylic acids is 3. The van der Waals surface area contributed by atoms with E-state index in [2.05, 4.69) is 5.32 Å². The lowest BCUT2D eigenvalue weighted by Crippen LogP contribution is -2.18. The van der Waals surface area contributed by atoms with Crippen LogP contribution < -0.4 is 10.1 Å². The van der Waals surface area contributed by atoms with Crippen molar-refractivity contribution in [2.24, 2.45) is 0 Å². The van der Waals surface area contributed by atoms with E-state index in [9.17, 15) is 18.8 Å². The van der Waals surface area contributed by atoms with Crippen LogP contribution in [0.1, 0.15) is 15.9 Å². The van der Waals surface area contributed by atoms with Gasteiger partial charge in [0, 0.05) is 11.3 Å². The Morgan fingerprint density at radius 1 is 1.07 bits per heavy atom. The van der Waals surface area contributed by atoms with Gasteiger partial charge in [-0.1, -0.05) is 17.7 Å². The molecule has 0 heterocycles. The third-order valence-corrected chi connectivity index (χ3v) is 4.53. The van der Waals surface area contributed by atoms with Gasteiger partial charge in [-0.25, -0.2) is 4.39 Å². The van der Waals surface area contributed by atoms with Gasteiger partial charge in [-0.3, -0.25) is 14.4 Å². The molecule has 1 amide bonds. The van der Waals surface area contributed by atoms with E-state index in [1.807, 2.05) is 19.1 Å². The van der Waals surface area contributed by atoms with Crippen LogP contribution in [0.5, 0.6) is 5.75 Å². The van der Waals surface area contributed by atoms with E-state index >= 15 is 0 Å². The molecule has 0 radical (unpaired) electrons. The van der Waals surface area contributed by atoms with Crippen LogP contribution in [0.15, 0.2) is 42.5 Å². The Balaban J connectivity index is 1.69. The van der Waals surface area contributed by atoms with Crippen molar-refractivity contribution in [3.63, 3.8) is 0 Å². The Kier molecular flexibility index (Phi) is 8.01. The summed E-state index contributed by atoms with van der Waals surface area (Å²) in [5.41, 5.74) is 1.84. The number of hydrogen-bond acceptors (Lipinski definition) is 6. The Labute approximate surface area is 166 Å². The molecule has 0 aliphatic heterocycles. The normalized spacial score (nSPS) is 10.2. The maximum absolute atomic E-state index is 13.6. The first kappa shape index (κ1) is 21.4. The van der Waals surface area contributed by atoms with Crippen molar-refractivity contribution in [2.75, 3.05) is 30.5 Å². The highest BCUT2D eigenvalue weighted by atomic mass is 32.2. The van der Waals surface area contributed by atoms with Crippen molar-refractivity contribution in [3.05, 3.63) is 59.4 Å². The van der Waals surface area contributed by atoms with Crippen LogP contribution in [0, 0.1) is 12.7 Å². The van der Waals surface area contributed by atoms with Crippen molar-refractivity contribution in [1.82, 2.24) is 0 Å². The zero-order chi connectivity index (χ0) is 20.5. The van der Waals surface area contributed by atoms with Crippen molar-refractivity contribution < 1.29 is 28.2 Å². The number of Topliss-reactive ketones (excluding diaryl/α,β-unsaturated/α-hetero) is 1. The molecule has 0 aromatic heterocycles. The molecule has 148 valence electrons. The minimum Gasteiger partial charge on any atom is -0.494 e. The number of halogens is 1. The largest absolute Gasteiger partial charge is 0.494 e. The highest BCUT2D eigenvalue weighted by Crippen LogP contribution is 2.18. The lowest BCUT2D eigenvalue weighted by molar-refractivity contribution is -0.139. The van der Waals surface area contributed by atoms with Gasteiger partial charge in [0.25, 0.3) is 0 Å². The molecule has 2 rings (SSSR count). The average molecular weight is 405 g/mol. The molecule has 2 aromatic carbocycles. The lowest BCUT2D eigenvalue weighted by atomic mass is 10.1. The maximum Gasteiger partial charge on any atom is 0.316 e. The fraction of sp³-hybridized carbons (Fsp3) is 0.250. The molecule has 0 spiro atoms. The summed E-state index contributed by atoms with van der Waals surface area (Å²) in [4.78, 5) is 35.5. The van der Waals surface area contributed by atoms with E-state index in [0.29, 0.717) is 5.69 Å². The minimum atomic E-state index is -0.671. The van der Waals surface area contributed by atoms with Crippen LogP contribution >= 0.6 is 11.8 Å². The minimum absolute atomic E-state index is 0.0221. The van der Waals surface area contributed by atoms with Gasteiger partial charge in [-0.2, -0.15) is 0 Å². The number of carbonyl (C=O) groups is 3. The molecule has 0 bridgehead atoms. The zero-order valence-corrected chi connectivity index (χ0v) is 16.3. The zero-order valence-electron chi connectivity index (χ0n) is 15.5. The summed E-state index contributed by atoms with van der Waals surface area (Å²) >= 11 is 1.07. The number of esters is 1. The molecule has 28 heavy (non-hydrogen) atoms. The lowest BCUT2D eigenvalue weighted by Gasteiger charge is -2.07. The van der Waals surface area contributed by atoms with Crippen LogP contribution in [0.3, 0.4) is 0 Å².